The molecule has 0 radical (unpaired) electrons. The van der Waals surface area contributed by atoms with E-state index in [2.05, 4.69) is 14.7 Å². The van der Waals surface area contributed by atoms with Gasteiger partial charge in [0.05, 0.1) is 33.7 Å². The van der Waals surface area contributed by atoms with Crippen molar-refractivity contribution in [2.24, 2.45) is 0 Å². The van der Waals surface area contributed by atoms with Gasteiger partial charge in [-0.2, -0.15) is 0 Å². The monoisotopic (exact) mass is 298 g/mol. The summed E-state index contributed by atoms with van der Waals surface area (Å²) in [6.07, 6.45) is 4.03. The Hall–Kier alpha value is -1.86. The smallest absolute Gasteiger partial charge is 0.262 e. The number of hydrogen-bond donors (Lipinski definition) is 2. The van der Waals surface area contributed by atoms with Crippen molar-refractivity contribution >= 4 is 33.0 Å². The van der Waals surface area contributed by atoms with Crippen molar-refractivity contribution in [3.63, 3.8) is 0 Å². The summed E-state index contributed by atoms with van der Waals surface area (Å²) in [5.41, 5.74) is 6.61. The van der Waals surface area contributed by atoms with Crippen LogP contribution in [0.3, 0.4) is 0 Å². The molecule has 0 aliphatic rings. The first-order chi connectivity index (χ1) is 8.90. The van der Waals surface area contributed by atoms with Crippen molar-refractivity contribution in [1.29, 1.82) is 0 Å². The van der Waals surface area contributed by atoms with Crippen LogP contribution in [0, 0.1) is 6.92 Å². The zero-order valence-corrected chi connectivity index (χ0v) is 11.5. The maximum atomic E-state index is 12.2. The van der Waals surface area contributed by atoms with Crippen molar-refractivity contribution in [3.8, 4) is 0 Å². The van der Waals surface area contributed by atoms with Crippen molar-refractivity contribution in [3.05, 3.63) is 41.4 Å². The second-order valence-electron chi connectivity index (χ2n) is 3.87. The Morgan fingerprint density at radius 1 is 1.26 bits per heavy atom. The first-order valence-corrected chi connectivity index (χ1v) is 7.10. The maximum absolute atomic E-state index is 12.2. The third-order valence-electron chi connectivity index (χ3n) is 2.40. The van der Waals surface area contributed by atoms with Crippen molar-refractivity contribution in [2.75, 3.05) is 10.5 Å². The number of hydrogen-bond acceptors (Lipinski definition) is 5. The van der Waals surface area contributed by atoms with Crippen LogP contribution in [0.25, 0.3) is 0 Å². The van der Waals surface area contributed by atoms with Crippen molar-refractivity contribution in [2.45, 2.75) is 11.8 Å². The molecule has 3 N–H and O–H groups in total. The number of anilines is 2. The molecule has 0 fully saturated rings. The number of aryl methyl sites for hydroxylation is 1. The summed E-state index contributed by atoms with van der Waals surface area (Å²) in [5, 5.41) is 0.319. The molecule has 0 spiro atoms. The van der Waals surface area contributed by atoms with E-state index in [1.807, 2.05) is 0 Å². The fraction of sp³-hybridized carbons (Fsp3) is 0.0909. The quantitative estimate of drug-likeness (QED) is 0.842. The summed E-state index contributed by atoms with van der Waals surface area (Å²) in [5.74, 6) is 0. The number of nitrogens with two attached hydrogens (primary N) is 1. The molecule has 0 bridgehead atoms. The van der Waals surface area contributed by atoms with E-state index in [0.717, 1.165) is 0 Å². The average Bonchev–Trinajstić information content (AvgIpc) is 2.34. The zero-order valence-electron chi connectivity index (χ0n) is 9.96. The van der Waals surface area contributed by atoms with Gasteiger partial charge >= 0.3 is 0 Å². The molecule has 0 aliphatic heterocycles. The highest BCUT2D eigenvalue weighted by molar-refractivity contribution is 7.92. The number of nitrogens with zero attached hydrogens (tertiary/aromatic N) is 2. The number of rotatable bonds is 3. The molecule has 6 nitrogen and oxygen atoms in total. The highest BCUT2D eigenvalue weighted by Crippen LogP contribution is 2.27. The van der Waals surface area contributed by atoms with Gasteiger partial charge in [-0.3, -0.25) is 4.72 Å². The SMILES string of the molecule is Cc1cc(Cl)c(N)cc1S(=O)(=O)Nc1cncnc1. The Morgan fingerprint density at radius 3 is 2.53 bits per heavy atom. The summed E-state index contributed by atoms with van der Waals surface area (Å²) < 4.78 is 26.8. The topological polar surface area (TPSA) is 98.0 Å². The van der Waals surface area contributed by atoms with Gasteiger partial charge in [-0.25, -0.2) is 18.4 Å². The van der Waals surface area contributed by atoms with Crippen LogP contribution >= 0.6 is 11.6 Å². The van der Waals surface area contributed by atoms with E-state index in [0.29, 0.717) is 10.6 Å². The number of sulfonamides is 1. The Labute approximate surface area is 115 Å². The average molecular weight is 299 g/mol. The van der Waals surface area contributed by atoms with Gasteiger partial charge in [0.2, 0.25) is 0 Å². The first kappa shape index (κ1) is 13.6. The molecule has 1 aromatic carbocycles. The Morgan fingerprint density at radius 2 is 1.89 bits per heavy atom. The van der Waals surface area contributed by atoms with E-state index in [-0.39, 0.29) is 16.3 Å². The number of nitrogen functional groups attached to an aromatic ring is 1. The van der Waals surface area contributed by atoms with Crippen LogP contribution < -0.4 is 10.5 Å². The van der Waals surface area contributed by atoms with Gasteiger partial charge in [0.25, 0.3) is 10.0 Å². The molecule has 1 heterocycles. The van der Waals surface area contributed by atoms with E-state index in [4.69, 9.17) is 17.3 Å². The summed E-state index contributed by atoms with van der Waals surface area (Å²) >= 11 is 5.84. The Kier molecular flexibility index (Phi) is 3.59. The minimum Gasteiger partial charge on any atom is -0.397 e. The molecule has 0 saturated carbocycles. The molecule has 0 saturated heterocycles. The number of aromatic nitrogens is 2. The lowest BCUT2D eigenvalue weighted by Crippen LogP contribution is -2.15. The van der Waals surface area contributed by atoms with E-state index in [1.54, 1.807) is 6.92 Å². The summed E-state index contributed by atoms with van der Waals surface area (Å²) in [6.45, 7) is 1.64. The molecule has 2 aromatic rings. The van der Waals surface area contributed by atoms with Crippen LogP contribution in [0.15, 0.2) is 35.7 Å². The third kappa shape index (κ3) is 2.94. The highest BCUT2D eigenvalue weighted by Gasteiger charge is 2.18. The summed E-state index contributed by atoms with van der Waals surface area (Å²) in [4.78, 5) is 7.53. The molecule has 8 heteroatoms. The van der Waals surface area contributed by atoms with Gasteiger partial charge in [0, 0.05) is 0 Å². The molecule has 1 aromatic heterocycles. The predicted octanol–water partition coefficient (Wildman–Crippen LogP) is 1.82. The van der Waals surface area contributed by atoms with Crippen molar-refractivity contribution < 1.29 is 8.42 Å². The van der Waals surface area contributed by atoms with Crippen LogP contribution in [-0.2, 0) is 10.0 Å². The Balaban J connectivity index is 2.43. The van der Waals surface area contributed by atoms with Gasteiger partial charge in [0.1, 0.15) is 6.33 Å². The highest BCUT2D eigenvalue weighted by atomic mass is 35.5. The van der Waals surface area contributed by atoms with E-state index in [1.165, 1.54) is 30.9 Å². The predicted molar refractivity (Wildman–Crippen MR) is 73.4 cm³/mol. The molecule has 2 rings (SSSR count). The second-order valence-corrected chi connectivity index (χ2v) is 5.93. The van der Waals surface area contributed by atoms with Gasteiger partial charge in [-0.1, -0.05) is 11.6 Å². The molecule has 0 atom stereocenters. The largest absolute Gasteiger partial charge is 0.397 e. The molecule has 0 amide bonds. The molecule has 19 heavy (non-hydrogen) atoms. The maximum Gasteiger partial charge on any atom is 0.262 e. The number of halogens is 1. The summed E-state index contributed by atoms with van der Waals surface area (Å²) in [6, 6.07) is 2.83. The van der Waals surface area contributed by atoms with E-state index >= 15 is 0 Å². The van der Waals surface area contributed by atoms with Gasteiger partial charge in [-0.15, -0.1) is 0 Å². The molecular formula is C11H11ClN4O2S. The van der Waals surface area contributed by atoms with Crippen LogP contribution in [0.5, 0.6) is 0 Å². The lowest BCUT2D eigenvalue weighted by Gasteiger charge is -2.11. The van der Waals surface area contributed by atoms with E-state index in [9.17, 15) is 8.42 Å². The minimum atomic E-state index is -3.75. The standard InChI is InChI=1S/C11H11ClN4O2S/c1-7-2-9(12)10(13)3-11(7)19(17,18)16-8-4-14-6-15-5-8/h2-6,16H,13H2,1H3. The second kappa shape index (κ2) is 5.02. The Bertz CT molecular complexity index is 704. The summed E-state index contributed by atoms with van der Waals surface area (Å²) in [7, 11) is -3.75. The van der Waals surface area contributed by atoms with Crippen LogP contribution in [0.2, 0.25) is 5.02 Å². The van der Waals surface area contributed by atoms with Crippen LogP contribution in [0.1, 0.15) is 5.56 Å². The lowest BCUT2D eigenvalue weighted by atomic mass is 10.2. The van der Waals surface area contributed by atoms with Crippen molar-refractivity contribution in [1.82, 2.24) is 9.97 Å². The number of benzene rings is 1. The number of nitrogens with one attached hydrogen (secondary N) is 1. The fourth-order valence-corrected chi connectivity index (χ4v) is 3.03. The normalized spacial score (nSPS) is 11.3. The minimum absolute atomic E-state index is 0.0678. The van der Waals surface area contributed by atoms with Gasteiger partial charge in [0.15, 0.2) is 0 Å². The van der Waals surface area contributed by atoms with E-state index < -0.39 is 10.0 Å². The third-order valence-corrected chi connectivity index (χ3v) is 4.25. The molecular weight excluding hydrogens is 288 g/mol. The molecule has 100 valence electrons. The van der Waals surface area contributed by atoms with Crippen LogP contribution in [-0.4, -0.2) is 18.4 Å². The fourth-order valence-electron chi connectivity index (χ4n) is 1.52. The zero-order chi connectivity index (χ0) is 14.0. The molecule has 0 unspecified atom stereocenters. The molecule has 0 aliphatic carbocycles. The van der Waals surface area contributed by atoms with Crippen LogP contribution in [0.4, 0.5) is 11.4 Å². The first-order valence-electron chi connectivity index (χ1n) is 5.23. The lowest BCUT2D eigenvalue weighted by molar-refractivity contribution is 0.600. The van der Waals surface area contributed by atoms with Gasteiger partial charge < -0.3 is 5.73 Å². The van der Waals surface area contributed by atoms with Gasteiger partial charge in [-0.05, 0) is 24.6 Å².